The van der Waals surface area contributed by atoms with E-state index in [0.717, 1.165) is 27.2 Å². The van der Waals surface area contributed by atoms with Crippen LogP contribution in [0.15, 0.2) is 29.3 Å². The van der Waals surface area contributed by atoms with E-state index in [0.29, 0.717) is 12.0 Å². The Morgan fingerprint density at radius 2 is 1.58 bits per heavy atom. The third-order valence-corrected chi connectivity index (χ3v) is 5.48. The first-order chi connectivity index (χ1) is 18.0. The smallest absolute Gasteiger partial charge is 0.303 e. The number of ether oxygens (including phenoxy) is 6. The molecule has 1 saturated heterocycles. The molecule has 0 spiro atoms. The van der Waals surface area contributed by atoms with Gasteiger partial charge in [0, 0.05) is 45.7 Å². The predicted octanol–water partition coefficient (Wildman–Crippen LogP) is 1.11. The first-order valence-electron chi connectivity index (χ1n) is 12.0. The Kier molecular flexibility index (Phi) is 9.40. The van der Waals surface area contributed by atoms with Crippen molar-refractivity contribution in [3.63, 3.8) is 0 Å². The van der Waals surface area contributed by atoms with Crippen LogP contribution in [0.2, 0.25) is 0 Å². The van der Waals surface area contributed by atoms with Gasteiger partial charge in [0.1, 0.15) is 12.7 Å². The fourth-order valence-electron chi connectivity index (χ4n) is 4.06. The number of aromatic nitrogens is 2. The molecule has 3 rings (SSSR count). The van der Waals surface area contributed by atoms with Gasteiger partial charge in [0.25, 0.3) is 5.56 Å². The van der Waals surface area contributed by atoms with Gasteiger partial charge in [-0.2, -0.15) is 0 Å². The van der Waals surface area contributed by atoms with E-state index in [1.807, 2.05) is 6.92 Å². The molecule has 2 aromatic rings. The quantitative estimate of drug-likeness (QED) is 0.334. The van der Waals surface area contributed by atoms with Gasteiger partial charge in [-0.3, -0.25) is 28.4 Å². The molecule has 3 heterocycles. The Morgan fingerprint density at radius 1 is 0.947 bits per heavy atom. The lowest BCUT2D eigenvalue weighted by molar-refractivity contribution is -0.288. The van der Waals surface area contributed by atoms with Crippen LogP contribution >= 0.6 is 0 Å². The Bertz CT molecular complexity index is 1260. The van der Waals surface area contributed by atoms with Crippen LogP contribution < -0.4 is 10.3 Å². The van der Waals surface area contributed by atoms with Gasteiger partial charge in [-0.25, -0.2) is 4.98 Å². The lowest BCUT2D eigenvalue weighted by Gasteiger charge is -2.43. The Morgan fingerprint density at radius 3 is 2.18 bits per heavy atom. The van der Waals surface area contributed by atoms with Crippen LogP contribution in [-0.2, 0) is 49.3 Å². The summed E-state index contributed by atoms with van der Waals surface area (Å²) in [4.78, 5) is 64.6. The predicted molar refractivity (Wildman–Crippen MR) is 128 cm³/mol. The van der Waals surface area contributed by atoms with E-state index < -0.39 is 61.2 Å². The second-order valence-corrected chi connectivity index (χ2v) is 8.59. The van der Waals surface area contributed by atoms with E-state index in [1.54, 1.807) is 6.07 Å². The summed E-state index contributed by atoms with van der Waals surface area (Å²) in [6.07, 6.45) is -2.46. The van der Waals surface area contributed by atoms with Crippen molar-refractivity contribution in [1.29, 1.82) is 0 Å². The third kappa shape index (κ3) is 6.85. The maximum Gasteiger partial charge on any atom is 0.303 e. The molecule has 1 aliphatic rings. The molecule has 0 aromatic carbocycles. The number of pyridine rings is 1. The minimum Gasteiger partial charge on any atom is -0.463 e. The van der Waals surface area contributed by atoms with E-state index >= 15 is 0 Å². The molecule has 0 radical (unpaired) electrons. The fraction of sp³-hybridized carbons (Fsp3) is 0.520. The molecule has 1 fully saturated rings. The zero-order valence-electron chi connectivity index (χ0n) is 21.7. The van der Waals surface area contributed by atoms with Gasteiger partial charge in [-0.1, -0.05) is 13.3 Å². The Hall–Kier alpha value is -4.00. The molecule has 2 unspecified atom stereocenters. The van der Waals surface area contributed by atoms with Crippen LogP contribution in [0.25, 0.3) is 5.65 Å². The summed E-state index contributed by atoms with van der Waals surface area (Å²) in [5, 5.41) is 0. The van der Waals surface area contributed by atoms with Crippen molar-refractivity contribution < 1.29 is 47.6 Å². The van der Waals surface area contributed by atoms with Gasteiger partial charge in [0.2, 0.25) is 12.4 Å². The number of nitrogens with zero attached hydrogens (tertiary/aromatic N) is 2. The number of carbonyl (C=O) groups is 4. The molecule has 0 amide bonds. The summed E-state index contributed by atoms with van der Waals surface area (Å²) < 4.78 is 34.5. The van der Waals surface area contributed by atoms with E-state index in [2.05, 4.69) is 4.98 Å². The van der Waals surface area contributed by atoms with Crippen molar-refractivity contribution in [2.75, 3.05) is 6.61 Å². The fourth-order valence-corrected chi connectivity index (χ4v) is 4.06. The monoisotopic (exact) mass is 534 g/mol. The molecule has 0 bridgehead atoms. The minimum atomic E-state index is -1.45. The number of hydrogen-bond donors (Lipinski definition) is 0. The number of aryl methyl sites for hydroxylation is 1. The van der Waals surface area contributed by atoms with Crippen LogP contribution in [0.5, 0.6) is 5.75 Å². The van der Waals surface area contributed by atoms with E-state index in [4.69, 9.17) is 28.4 Å². The van der Waals surface area contributed by atoms with Gasteiger partial charge in [-0.05, 0) is 18.6 Å². The van der Waals surface area contributed by atoms with Gasteiger partial charge in [0.05, 0.1) is 0 Å². The number of esters is 4. The zero-order valence-corrected chi connectivity index (χ0v) is 21.7. The first kappa shape index (κ1) is 28.6. The van der Waals surface area contributed by atoms with Gasteiger partial charge in [0.15, 0.2) is 23.6 Å². The largest absolute Gasteiger partial charge is 0.463 e. The van der Waals surface area contributed by atoms with Gasteiger partial charge >= 0.3 is 23.9 Å². The van der Waals surface area contributed by atoms with Crippen LogP contribution in [0, 0.1) is 0 Å². The zero-order chi connectivity index (χ0) is 28.0. The second-order valence-electron chi connectivity index (χ2n) is 8.59. The number of fused-ring (bicyclic) bond motifs is 1. The summed E-state index contributed by atoms with van der Waals surface area (Å²) in [7, 11) is 0. The average molecular weight is 535 g/mol. The molecular formula is C25H30N2O11. The van der Waals surface area contributed by atoms with Crippen molar-refractivity contribution >= 4 is 29.5 Å². The average Bonchev–Trinajstić information content (AvgIpc) is 2.83. The van der Waals surface area contributed by atoms with Gasteiger partial charge < -0.3 is 28.4 Å². The highest BCUT2D eigenvalue weighted by Crippen LogP contribution is 2.31. The molecule has 0 aliphatic carbocycles. The summed E-state index contributed by atoms with van der Waals surface area (Å²) in [5.74, 6) is -2.82. The van der Waals surface area contributed by atoms with Crippen LogP contribution in [-0.4, -0.2) is 70.6 Å². The molecule has 1 aliphatic heterocycles. The minimum absolute atomic E-state index is 0.0912. The number of rotatable bonds is 9. The first-order valence-corrected chi connectivity index (χ1v) is 12.0. The molecule has 206 valence electrons. The summed E-state index contributed by atoms with van der Waals surface area (Å²) in [6, 6.07) is 3.09. The maximum absolute atomic E-state index is 12.9. The summed E-state index contributed by atoms with van der Waals surface area (Å²) in [5.41, 5.74) is 0.406. The SMILES string of the molecule is CCCc1cnc2c(O[C@@H]3OC(COC(C)=O)[C@@H](OC(C)=O)[C@H](OC(C)=O)C3OC(C)=O)cccn2c1=O. The summed E-state index contributed by atoms with van der Waals surface area (Å²) in [6.45, 7) is 6.10. The van der Waals surface area contributed by atoms with Crippen molar-refractivity contribution in [3.8, 4) is 5.75 Å². The Balaban J connectivity index is 2.07. The molecule has 2 aromatic heterocycles. The molecular weight excluding hydrogens is 504 g/mol. The topological polar surface area (TPSA) is 158 Å². The lowest BCUT2D eigenvalue weighted by Crippen LogP contribution is -2.63. The van der Waals surface area contributed by atoms with Crippen molar-refractivity contribution in [2.45, 2.75) is 78.2 Å². The standard InChI is InChI=1S/C25H30N2O11/c1-6-8-17-11-26-23-18(9-7-10-27(23)24(17)32)37-25-22(36-16(5)31)21(35-15(4)30)20(34-14(3)29)19(38-25)12-33-13(2)28/h7,9-11,19-22,25H,6,8,12H2,1-5H3/t19?,20-,21+,22?,25-/m1/s1. The molecule has 13 nitrogen and oxygen atoms in total. The van der Waals surface area contributed by atoms with Crippen molar-refractivity contribution in [2.24, 2.45) is 0 Å². The molecule has 13 heteroatoms. The number of carbonyl (C=O) groups excluding carboxylic acids is 4. The molecule has 0 N–H and O–H groups in total. The van der Waals surface area contributed by atoms with Crippen molar-refractivity contribution in [1.82, 2.24) is 9.38 Å². The summed E-state index contributed by atoms with van der Waals surface area (Å²) >= 11 is 0. The van der Waals surface area contributed by atoms with Crippen LogP contribution in [0.1, 0.15) is 46.6 Å². The van der Waals surface area contributed by atoms with Crippen LogP contribution in [0.4, 0.5) is 0 Å². The third-order valence-electron chi connectivity index (χ3n) is 5.48. The lowest BCUT2D eigenvalue weighted by atomic mass is 9.98. The highest BCUT2D eigenvalue weighted by molar-refractivity contribution is 5.68. The highest BCUT2D eigenvalue weighted by Gasteiger charge is 2.53. The molecule has 5 atom stereocenters. The molecule has 0 saturated carbocycles. The number of hydrogen-bond acceptors (Lipinski definition) is 12. The van der Waals surface area contributed by atoms with E-state index in [9.17, 15) is 24.0 Å². The Labute approximate surface area is 217 Å². The van der Waals surface area contributed by atoms with Crippen LogP contribution in [0.3, 0.4) is 0 Å². The van der Waals surface area contributed by atoms with E-state index in [1.165, 1.54) is 29.8 Å². The van der Waals surface area contributed by atoms with E-state index in [-0.39, 0.29) is 17.0 Å². The highest BCUT2D eigenvalue weighted by atomic mass is 16.7. The molecule has 38 heavy (non-hydrogen) atoms. The van der Waals surface area contributed by atoms with Crippen molar-refractivity contribution in [3.05, 3.63) is 40.4 Å². The second kappa shape index (κ2) is 12.5. The van der Waals surface area contributed by atoms with Gasteiger partial charge in [-0.15, -0.1) is 0 Å². The maximum atomic E-state index is 12.9. The normalized spacial score (nSPS) is 22.8.